The van der Waals surface area contributed by atoms with Crippen LogP contribution in [0, 0.1) is 6.92 Å². The highest BCUT2D eigenvalue weighted by Gasteiger charge is 2.21. The Labute approximate surface area is 131 Å². The highest BCUT2D eigenvalue weighted by molar-refractivity contribution is 6.31. The molecule has 2 nitrogen and oxygen atoms in total. The van der Waals surface area contributed by atoms with Crippen molar-refractivity contribution in [2.45, 2.75) is 39.0 Å². The molecule has 0 atom stereocenters. The highest BCUT2D eigenvalue weighted by atomic mass is 35.5. The molecule has 1 aliphatic rings. The first-order valence-corrected chi connectivity index (χ1v) is 7.80. The third-order valence-corrected chi connectivity index (χ3v) is 4.22. The van der Waals surface area contributed by atoms with Gasteiger partial charge < -0.3 is 10.1 Å². The van der Waals surface area contributed by atoms with Gasteiger partial charge in [0, 0.05) is 23.2 Å². The lowest BCUT2D eigenvalue weighted by molar-refractivity contribution is 0.301. The molecule has 0 saturated heterocycles. The molecule has 1 fully saturated rings. The monoisotopic (exact) mass is 301 g/mol. The van der Waals surface area contributed by atoms with Crippen LogP contribution in [0.3, 0.4) is 0 Å². The molecule has 2 aromatic rings. The average molecular weight is 302 g/mol. The number of rotatable bonds is 6. The molecule has 110 valence electrons. The molecule has 0 aliphatic heterocycles. The summed E-state index contributed by atoms with van der Waals surface area (Å²) in [6.45, 7) is 3.45. The molecular weight excluding hydrogens is 282 g/mol. The molecule has 0 spiro atoms. The number of ether oxygens (including phenoxy) is 1. The van der Waals surface area contributed by atoms with E-state index < -0.39 is 0 Å². The lowest BCUT2D eigenvalue weighted by Crippen LogP contribution is -2.16. The van der Waals surface area contributed by atoms with E-state index >= 15 is 0 Å². The molecule has 1 saturated carbocycles. The van der Waals surface area contributed by atoms with E-state index in [0.29, 0.717) is 12.6 Å². The molecule has 1 aliphatic carbocycles. The molecule has 0 unspecified atom stereocenters. The zero-order valence-electron chi connectivity index (χ0n) is 12.2. The fourth-order valence-electron chi connectivity index (χ4n) is 2.31. The Morgan fingerprint density at radius 3 is 2.71 bits per heavy atom. The predicted octanol–water partition coefficient (Wildman–Crippen LogP) is 4.48. The first kappa shape index (κ1) is 14.4. The Kier molecular flexibility index (Phi) is 4.47. The van der Waals surface area contributed by atoms with Gasteiger partial charge in [-0.1, -0.05) is 41.9 Å². The van der Waals surface area contributed by atoms with Gasteiger partial charge in [0.05, 0.1) is 0 Å². The van der Waals surface area contributed by atoms with Crippen LogP contribution in [0.15, 0.2) is 42.5 Å². The summed E-state index contributed by atoms with van der Waals surface area (Å²) in [5.41, 5.74) is 3.51. The van der Waals surface area contributed by atoms with Crippen molar-refractivity contribution < 1.29 is 4.74 Å². The van der Waals surface area contributed by atoms with Gasteiger partial charge in [-0.2, -0.15) is 0 Å². The van der Waals surface area contributed by atoms with Crippen molar-refractivity contribution in [3.05, 3.63) is 64.2 Å². The summed E-state index contributed by atoms with van der Waals surface area (Å²) >= 11 is 6.33. The fraction of sp³-hybridized carbons (Fsp3) is 0.333. The van der Waals surface area contributed by atoms with Gasteiger partial charge in [-0.15, -0.1) is 0 Å². The van der Waals surface area contributed by atoms with E-state index in [9.17, 15) is 0 Å². The second kappa shape index (κ2) is 6.50. The Morgan fingerprint density at radius 2 is 1.95 bits per heavy atom. The lowest BCUT2D eigenvalue weighted by Gasteiger charge is -2.14. The minimum Gasteiger partial charge on any atom is -0.489 e. The predicted molar refractivity (Wildman–Crippen MR) is 86.8 cm³/mol. The maximum atomic E-state index is 6.33. The minimum atomic E-state index is 0.573. The van der Waals surface area contributed by atoms with Crippen LogP contribution in [-0.4, -0.2) is 6.04 Å². The maximum Gasteiger partial charge on any atom is 0.125 e. The van der Waals surface area contributed by atoms with Crippen molar-refractivity contribution in [3.8, 4) is 5.75 Å². The largest absolute Gasteiger partial charge is 0.489 e. The van der Waals surface area contributed by atoms with E-state index in [2.05, 4.69) is 24.4 Å². The Hall–Kier alpha value is -1.51. The van der Waals surface area contributed by atoms with Crippen molar-refractivity contribution in [2.24, 2.45) is 0 Å². The SMILES string of the molecule is Cc1ccccc1COc1cccc(Cl)c1CNC1CC1. The molecule has 2 aromatic carbocycles. The summed E-state index contributed by atoms with van der Waals surface area (Å²) in [4.78, 5) is 0. The van der Waals surface area contributed by atoms with Crippen molar-refractivity contribution in [1.29, 1.82) is 0 Å². The molecule has 0 bridgehead atoms. The zero-order valence-corrected chi connectivity index (χ0v) is 13.0. The van der Waals surface area contributed by atoms with Gasteiger partial charge in [-0.05, 0) is 43.0 Å². The van der Waals surface area contributed by atoms with E-state index in [0.717, 1.165) is 22.9 Å². The molecular formula is C18H20ClNO. The van der Waals surface area contributed by atoms with E-state index in [1.165, 1.54) is 24.0 Å². The van der Waals surface area contributed by atoms with Crippen molar-refractivity contribution in [3.63, 3.8) is 0 Å². The molecule has 1 N–H and O–H groups in total. The Bertz CT molecular complexity index is 622. The van der Waals surface area contributed by atoms with E-state index in [1.54, 1.807) is 0 Å². The summed E-state index contributed by atoms with van der Waals surface area (Å²) in [5.74, 6) is 0.874. The van der Waals surface area contributed by atoms with E-state index in [1.807, 2.05) is 30.3 Å². The first-order chi connectivity index (χ1) is 10.2. The van der Waals surface area contributed by atoms with Crippen LogP contribution in [0.2, 0.25) is 5.02 Å². The number of halogens is 1. The molecule has 3 heteroatoms. The van der Waals surface area contributed by atoms with Crippen LogP contribution in [0.1, 0.15) is 29.5 Å². The average Bonchev–Trinajstić information content (AvgIpc) is 3.30. The van der Waals surface area contributed by atoms with Gasteiger partial charge in [0.25, 0.3) is 0 Å². The van der Waals surface area contributed by atoms with Crippen molar-refractivity contribution in [1.82, 2.24) is 5.32 Å². The van der Waals surface area contributed by atoms with Gasteiger partial charge >= 0.3 is 0 Å². The fourth-order valence-corrected chi connectivity index (χ4v) is 2.54. The van der Waals surface area contributed by atoms with Gasteiger partial charge in [-0.3, -0.25) is 0 Å². The topological polar surface area (TPSA) is 21.3 Å². The van der Waals surface area contributed by atoms with E-state index in [4.69, 9.17) is 16.3 Å². The summed E-state index contributed by atoms with van der Waals surface area (Å²) in [6, 6.07) is 14.8. The molecule has 0 amide bonds. The van der Waals surface area contributed by atoms with Crippen LogP contribution < -0.4 is 10.1 Å². The number of nitrogens with one attached hydrogen (secondary N) is 1. The van der Waals surface area contributed by atoms with Crippen LogP contribution >= 0.6 is 11.6 Å². The summed E-state index contributed by atoms with van der Waals surface area (Å²) in [6.07, 6.45) is 2.54. The third kappa shape index (κ3) is 3.78. The van der Waals surface area contributed by atoms with Crippen molar-refractivity contribution >= 4 is 11.6 Å². The summed E-state index contributed by atoms with van der Waals surface area (Å²) in [5, 5.41) is 4.27. The number of benzene rings is 2. The lowest BCUT2D eigenvalue weighted by atomic mass is 10.1. The van der Waals surface area contributed by atoms with Gasteiger partial charge in [0.15, 0.2) is 0 Å². The second-order valence-corrected chi connectivity index (χ2v) is 5.99. The zero-order chi connectivity index (χ0) is 14.7. The number of hydrogen-bond acceptors (Lipinski definition) is 2. The number of aryl methyl sites for hydroxylation is 1. The minimum absolute atomic E-state index is 0.573. The quantitative estimate of drug-likeness (QED) is 0.849. The first-order valence-electron chi connectivity index (χ1n) is 7.42. The standard InChI is InChI=1S/C18H20ClNO/c1-13-5-2-3-6-14(13)12-21-18-8-4-7-17(19)16(18)11-20-15-9-10-15/h2-8,15,20H,9-12H2,1H3. The van der Waals surface area contributed by atoms with Crippen LogP contribution in [0.5, 0.6) is 5.75 Å². The maximum absolute atomic E-state index is 6.33. The van der Waals surface area contributed by atoms with Crippen LogP contribution in [0.25, 0.3) is 0 Å². The van der Waals surface area contributed by atoms with Crippen molar-refractivity contribution in [2.75, 3.05) is 0 Å². The van der Waals surface area contributed by atoms with Crippen LogP contribution in [0.4, 0.5) is 0 Å². The van der Waals surface area contributed by atoms with E-state index in [-0.39, 0.29) is 0 Å². The molecule has 0 heterocycles. The van der Waals surface area contributed by atoms with Gasteiger partial charge in [0.2, 0.25) is 0 Å². The van der Waals surface area contributed by atoms with Gasteiger partial charge in [0.1, 0.15) is 12.4 Å². The normalized spacial score (nSPS) is 14.2. The molecule has 21 heavy (non-hydrogen) atoms. The molecule has 3 rings (SSSR count). The Morgan fingerprint density at radius 1 is 1.14 bits per heavy atom. The summed E-state index contributed by atoms with van der Waals surface area (Å²) in [7, 11) is 0. The molecule has 0 radical (unpaired) electrons. The Balaban J connectivity index is 1.71. The smallest absolute Gasteiger partial charge is 0.125 e. The summed E-state index contributed by atoms with van der Waals surface area (Å²) < 4.78 is 6.01. The van der Waals surface area contributed by atoms with Crippen LogP contribution in [-0.2, 0) is 13.2 Å². The molecule has 0 aromatic heterocycles. The highest BCUT2D eigenvalue weighted by Crippen LogP contribution is 2.29. The second-order valence-electron chi connectivity index (χ2n) is 5.59. The number of hydrogen-bond donors (Lipinski definition) is 1. The third-order valence-electron chi connectivity index (χ3n) is 3.87. The van der Waals surface area contributed by atoms with Gasteiger partial charge in [-0.25, -0.2) is 0 Å².